The first-order valence-corrected chi connectivity index (χ1v) is 21.1. The van der Waals surface area contributed by atoms with Gasteiger partial charge in [0.25, 0.3) is 21.9 Å². The van der Waals surface area contributed by atoms with Crippen LogP contribution in [0.25, 0.3) is 32.6 Å². The number of thiol groups is 1. The molecule has 300 valence electrons. The van der Waals surface area contributed by atoms with E-state index in [2.05, 4.69) is 38.5 Å². The fourth-order valence-electron chi connectivity index (χ4n) is 7.28. The number of benzene rings is 5. The molecule has 1 aliphatic heterocycles. The van der Waals surface area contributed by atoms with Crippen LogP contribution in [-0.4, -0.2) is 64.9 Å². The Balaban J connectivity index is 1.01. The predicted octanol–water partition coefficient (Wildman–Crippen LogP) is 8.29. The minimum atomic E-state index is -4.22. The highest BCUT2D eigenvalue weighted by molar-refractivity contribution is 7.85. The Morgan fingerprint density at radius 3 is 2.08 bits per heavy atom. The normalized spacial score (nSPS) is 13.7. The number of alkyl halides is 1. The van der Waals surface area contributed by atoms with Crippen LogP contribution in [0.4, 0.5) is 27.5 Å². The number of amides is 4. The highest BCUT2D eigenvalue weighted by Crippen LogP contribution is 2.46. The minimum absolute atomic E-state index is 0.150. The Hall–Kier alpha value is -6.33. The molecule has 7 aromatic rings. The van der Waals surface area contributed by atoms with E-state index >= 15 is 0 Å². The molecule has 59 heavy (non-hydrogen) atoms. The lowest BCUT2D eigenvalue weighted by atomic mass is 9.95. The summed E-state index contributed by atoms with van der Waals surface area (Å²) < 4.78 is 37.4. The summed E-state index contributed by atoms with van der Waals surface area (Å²) in [6, 6.07) is 28.9. The summed E-state index contributed by atoms with van der Waals surface area (Å²) in [6.45, 7) is 0.276. The number of H-pyrrole nitrogens is 2. The van der Waals surface area contributed by atoms with Gasteiger partial charge < -0.3 is 30.2 Å². The summed E-state index contributed by atoms with van der Waals surface area (Å²) in [5.74, 6) is -0.775. The largest absolute Gasteiger partial charge is 0.417 e. The summed E-state index contributed by atoms with van der Waals surface area (Å²) in [4.78, 5) is 60.7. The Labute approximate surface area is 347 Å². The van der Waals surface area contributed by atoms with E-state index in [0.717, 1.165) is 21.9 Å². The van der Waals surface area contributed by atoms with E-state index in [9.17, 15) is 27.6 Å². The number of fused-ring (bicyclic) bond motifs is 5. The molecule has 0 saturated carbocycles. The molecule has 0 aliphatic carbocycles. The molecule has 0 fully saturated rings. The number of halogens is 1. The van der Waals surface area contributed by atoms with Crippen LogP contribution in [0.3, 0.4) is 0 Å². The molecule has 5 aromatic carbocycles. The van der Waals surface area contributed by atoms with Crippen LogP contribution >= 0.6 is 24.2 Å². The molecule has 4 amide bonds. The maximum atomic E-state index is 14.3. The zero-order valence-electron chi connectivity index (χ0n) is 30.9. The van der Waals surface area contributed by atoms with Crippen molar-refractivity contribution < 1.29 is 36.9 Å². The summed E-state index contributed by atoms with van der Waals surface area (Å²) in [7, 11) is -4.22. The number of hydrogen-bond donors (Lipinski definition) is 7. The highest BCUT2D eigenvalue weighted by Gasteiger charge is 2.36. The van der Waals surface area contributed by atoms with Crippen molar-refractivity contribution in [3.05, 3.63) is 126 Å². The van der Waals surface area contributed by atoms with Gasteiger partial charge in [0.1, 0.15) is 22.9 Å². The Kier molecular flexibility index (Phi) is 10.8. The molecule has 0 spiro atoms. The fourth-order valence-corrected chi connectivity index (χ4v) is 8.35. The number of aromatic amines is 2. The van der Waals surface area contributed by atoms with E-state index in [0.29, 0.717) is 61.7 Å². The third-order valence-corrected chi connectivity index (χ3v) is 11.2. The summed E-state index contributed by atoms with van der Waals surface area (Å²) in [6.07, 6.45) is -0.531. The molecule has 8 rings (SSSR count). The lowest BCUT2D eigenvalue weighted by molar-refractivity contribution is -0.115. The molecule has 6 N–H and O–H groups in total. The SMILES string of the molecule is O=C(CCS)Nc1ccc2[nH]c(C(=O)Nc3ccc4[nH]c(C(=O)N5C[C@@H](CCl)c6c5cc(OC(=O)Nc5ccc(CS(=O)(=O)O)cc5)c5ccccc65)cc4c3)cc2c1. The number of nitrogens with one attached hydrogen (secondary N) is 5. The first-order chi connectivity index (χ1) is 28.3. The van der Waals surface area contributed by atoms with Crippen LogP contribution < -0.4 is 25.6 Å². The quantitative estimate of drug-likeness (QED) is 0.0383. The topological polar surface area (TPSA) is 203 Å². The Morgan fingerprint density at radius 2 is 1.42 bits per heavy atom. The summed E-state index contributed by atoms with van der Waals surface area (Å²) in [5, 5.41) is 11.2. The van der Waals surface area contributed by atoms with E-state index < -0.39 is 22.0 Å². The van der Waals surface area contributed by atoms with Crippen molar-refractivity contribution in [1.29, 1.82) is 0 Å². The number of hydrogen-bond acceptors (Lipinski definition) is 8. The average Bonchev–Trinajstić information content (AvgIpc) is 3.93. The second kappa shape index (κ2) is 16.1. The molecule has 14 nitrogen and oxygen atoms in total. The van der Waals surface area contributed by atoms with Gasteiger partial charge in [-0.05, 0) is 82.9 Å². The van der Waals surface area contributed by atoms with E-state index in [1.807, 2.05) is 24.3 Å². The van der Waals surface area contributed by atoms with E-state index in [1.165, 1.54) is 24.3 Å². The fraction of sp³-hybridized carbons (Fsp3) is 0.143. The number of ether oxygens (including phenoxy) is 1. The number of carbonyl (C=O) groups excluding carboxylic acids is 4. The van der Waals surface area contributed by atoms with Crippen molar-refractivity contribution in [2.45, 2.75) is 18.1 Å². The van der Waals surface area contributed by atoms with E-state index in [-0.39, 0.29) is 48.2 Å². The van der Waals surface area contributed by atoms with Gasteiger partial charge in [-0.1, -0.05) is 36.4 Å². The summed E-state index contributed by atoms with van der Waals surface area (Å²) >= 11 is 10.6. The first-order valence-electron chi connectivity index (χ1n) is 18.3. The molecule has 0 radical (unpaired) electrons. The molecule has 1 aliphatic rings. The second-order valence-electron chi connectivity index (χ2n) is 14.0. The van der Waals surface area contributed by atoms with Gasteiger partial charge in [0.2, 0.25) is 5.91 Å². The number of aromatic nitrogens is 2. The molecule has 0 unspecified atom stereocenters. The third kappa shape index (κ3) is 8.47. The monoisotopic (exact) mass is 850 g/mol. The molecule has 0 saturated heterocycles. The molecule has 3 heterocycles. The lowest BCUT2D eigenvalue weighted by Gasteiger charge is -2.19. The van der Waals surface area contributed by atoms with Crippen molar-refractivity contribution in [3.8, 4) is 5.75 Å². The van der Waals surface area contributed by atoms with Gasteiger partial charge >= 0.3 is 6.09 Å². The molecule has 2 aromatic heterocycles. The molecular weight excluding hydrogens is 816 g/mol. The molecular formula is C42H35ClN6O8S2. The van der Waals surface area contributed by atoms with Gasteiger partial charge in [0, 0.05) is 75.1 Å². The van der Waals surface area contributed by atoms with Gasteiger partial charge in [0.05, 0.1) is 5.69 Å². The van der Waals surface area contributed by atoms with Crippen LogP contribution in [-0.2, 0) is 20.7 Å². The second-order valence-corrected chi connectivity index (χ2v) is 16.2. The van der Waals surface area contributed by atoms with Crippen molar-refractivity contribution in [2.75, 3.05) is 39.0 Å². The van der Waals surface area contributed by atoms with Crippen molar-refractivity contribution in [3.63, 3.8) is 0 Å². The van der Waals surface area contributed by atoms with Gasteiger partial charge in [-0.15, -0.1) is 11.6 Å². The van der Waals surface area contributed by atoms with Crippen molar-refractivity contribution in [2.24, 2.45) is 0 Å². The van der Waals surface area contributed by atoms with Gasteiger partial charge in [-0.25, -0.2) is 4.79 Å². The van der Waals surface area contributed by atoms with Crippen molar-refractivity contribution >= 4 is 113 Å². The Bertz CT molecular complexity index is 2930. The minimum Gasteiger partial charge on any atom is -0.409 e. The maximum absolute atomic E-state index is 14.3. The average molecular weight is 851 g/mol. The molecule has 0 bridgehead atoms. The Morgan fingerprint density at radius 1 is 0.797 bits per heavy atom. The zero-order chi connectivity index (χ0) is 41.4. The van der Waals surface area contributed by atoms with Crippen LogP contribution in [0.5, 0.6) is 5.75 Å². The van der Waals surface area contributed by atoms with Crippen molar-refractivity contribution in [1.82, 2.24) is 9.97 Å². The van der Waals surface area contributed by atoms with Gasteiger partial charge in [-0.2, -0.15) is 21.0 Å². The van der Waals surface area contributed by atoms with Crippen LogP contribution in [0.15, 0.2) is 103 Å². The van der Waals surface area contributed by atoms with Gasteiger partial charge in [0.15, 0.2) is 0 Å². The number of nitrogens with zero attached hydrogens (tertiary/aromatic N) is 1. The number of anilines is 4. The highest BCUT2D eigenvalue weighted by atomic mass is 35.5. The van der Waals surface area contributed by atoms with Crippen LogP contribution in [0, 0.1) is 0 Å². The van der Waals surface area contributed by atoms with Crippen LogP contribution in [0.2, 0.25) is 0 Å². The van der Waals surface area contributed by atoms with Gasteiger partial charge in [-0.3, -0.25) is 24.3 Å². The number of carbonyl (C=O) groups is 4. The first kappa shape index (κ1) is 39.5. The predicted molar refractivity (Wildman–Crippen MR) is 232 cm³/mol. The standard InChI is InChI=1S/C42H35ClN6O8S2/c43-20-26-21-49(36-19-37(30-3-1-2-4-31(30)39(26)36)57-42(53)46-27-7-5-23(6-8-27)22-59(54,55)56)41(52)35-18-25-16-29(10-12-33(25)48-35)45-40(51)34-17-24-15-28(9-11-32(24)47-34)44-38(50)13-14-58/h1-12,15-19,26,47-48,58H,13-14,20-22H2,(H,44,50)(H,45,51)(H,46,53)(H,54,55,56)/t26-/m1/s1. The lowest BCUT2D eigenvalue weighted by Crippen LogP contribution is -2.30. The smallest absolute Gasteiger partial charge is 0.409 e. The number of rotatable bonds is 11. The van der Waals surface area contributed by atoms with E-state index in [1.54, 1.807) is 59.5 Å². The maximum Gasteiger partial charge on any atom is 0.417 e. The zero-order valence-corrected chi connectivity index (χ0v) is 33.4. The third-order valence-electron chi connectivity index (χ3n) is 9.91. The molecule has 17 heteroatoms. The van der Waals surface area contributed by atoms with E-state index in [4.69, 9.17) is 20.9 Å². The van der Waals surface area contributed by atoms with Crippen LogP contribution in [0.1, 0.15) is 44.4 Å². The summed E-state index contributed by atoms with van der Waals surface area (Å²) in [5.41, 5.74) is 5.19. The molecule has 1 atom stereocenters.